The second kappa shape index (κ2) is 10.3. The van der Waals surface area contributed by atoms with Crippen molar-refractivity contribution in [3.63, 3.8) is 0 Å². The number of hydrogen-bond acceptors (Lipinski definition) is 5. The molecule has 1 amide bonds. The van der Waals surface area contributed by atoms with Crippen LogP contribution >= 0.6 is 0 Å². The average Bonchev–Trinajstić information content (AvgIpc) is 3.38. The number of esters is 1. The van der Waals surface area contributed by atoms with E-state index >= 15 is 0 Å². The Balaban J connectivity index is 1.72. The first-order valence-corrected chi connectivity index (χ1v) is 11.4. The number of rotatable bonds is 9. The minimum absolute atomic E-state index is 0.235. The highest BCUT2D eigenvalue weighted by Gasteiger charge is 2.53. The van der Waals surface area contributed by atoms with Gasteiger partial charge in [-0.2, -0.15) is 0 Å². The Labute approximate surface area is 184 Å². The Morgan fingerprint density at radius 2 is 1.87 bits per heavy atom. The predicted octanol–water partition coefficient (Wildman–Crippen LogP) is 2.92. The Morgan fingerprint density at radius 1 is 1.19 bits per heavy atom. The number of benzene rings is 1. The van der Waals surface area contributed by atoms with Crippen molar-refractivity contribution in [3.05, 3.63) is 35.9 Å². The number of carbonyl (C=O) groups excluding carboxylic acids is 2. The molecule has 3 rings (SSSR count). The van der Waals surface area contributed by atoms with Crippen LogP contribution in [0.5, 0.6) is 0 Å². The molecule has 7 nitrogen and oxygen atoms in total. The summed E-state index contributed by atoms with van der Waals surface area (Å²) in [6.45, 7) is 3.74. The van der Waals surface area contributed by atoms with E-state index in [4.69, 9.17) is 4.74 Å². The largest absolute Gasteiger partial charge is 0.480 e. The van der Waals surface area contributed by atoms with Crippen molar-refractivity contribution in [2.75, 3.05) is 6.61 Å². The van der Waals surface area contributed by atoms with Crippen LogP contribution in [0, 0.1) is 0 Å². The van der Waals surface area contributed by atoms with Gasteiger partial charge in [-0.05, 0) is 57.9 Å². The van der Waals surface area contributed by atoms with Gasteiger partial charge in [0.15, 0.2) is 0 Å². The number of hydrogen-bond donors (Lipinski definition) is 2. The first-order valence-electron chi connectivity index (χ1n) is 11.4. The highest BCUT2D eigenvalue weighted by atomic mass is 16.5. The number of carboxylic acids is 1. The highest BCUT2D eigenvalue weighted by Crippen LogP contribution is 2.46. The van der Waals surface area contributed by atoms with Crippen molar-refractivity contribution in [2.45, 2.75) is 88.9 Å². The molecule has 2 fully saturated rings. The Hall–Kier alpha value is -2.41. The smallest absolute Gasteiger partial charge is 0.326 e. The molecule has 2 unspecified atom stereocenters. The lowest BCUT2D eigenvalue weighted by molar-refractivity contribution is -0.154. The van der Waals surface area contributed by atoms with E-state index in [0.717, 1.165) is 37.7 Å². The first kappa shape index (κ1) is 23.3. The van der Waals surface area contributed by atoms with Gasteiger partial charge in [0.25, 0.3) is 0 Å². The van der Waals surface area contributed by atoms with E-state index in [-0.39, 0.29) is 24.0 Å². The SMILES string of the molecule is CCOC(=O)C(CCc1ccccc1)N[C@@H](C)C(=O)N1C(C(=O)O)CCC12CCCC2. The van der Waals surface area contributed by atoms with E-state index in [1.54, 1.807) is 18.7 Å². The van der Waals surface area contributed by atoms with Crippen LogP contribution in [0.4, 0.5) is 0 Å². The molecular formula is C24H34N2O5. The summed E-state index contributed by atoms with van der Waals surface area (Å²) >= 11 is 0. The number of aryl methyl sites for hydroxylation is 1. The molecule has 1 saturated carbocycles. The molecule has 1 aliphatic heterocycles. The molecule has 0 bridgehead atoms. The standard InChI is InChI=1S/C24H34N2O5/c1-3-31-23(30)19(12-11-18-9-5-4-6-10-18)25-17(2)21(27)26-20(22(28)29)13-16-24(26)14-7-8-15-24/h4-6,9-10,17,19-20,25H,3,7-8,11-16H2,1-2H3,(H,28,29)/t17-,19?,20?/m0/s1. The van der Waals surface area contributed by atoms with Crippen molar-refractivity contribution in [2.24, 2.45) is 0 Å². The monoisotopic (exact) mass is 430 g/mol. The van der Waals surface area contributed by atoms with Crippen LogP contribution in [0.1, 0.15) is 64.4 Å². The van der Waals surface area contributed by atoms with E-state index in [9.17, 15) is 19.5 Å². The normalized spacial score (nSPS) is 21.7. The van der Waals surface area contributed by atoms with Gasteiger partial charge in [-0.25, -0.2) is 4.79 Å². The van der Waals surface area contributed by atoms with Crippen LogP contribution in [0.15, 0.2) is 30.3 Å². The third-order valence-electron chi connectivity index (χ3n) is 6.72. The number of nitrogens with one attached hydrogen (secondary N) is 1. The molecule has 170 valence electrons. The second-order valence-corrected chi connectivity index (χ2v) is 8.75. The maximum absolute atomic E-state index is 13.5. The number of likely N-dealkylation sites (tertiary alicyclic amines) is 1. The minimum atomic E-state index is -0.949. The van der Waals surface area contributed by atoms with Crippen molar-refractivity contribution in [1.82, 2.24) is 10.2 Å². The Morgan fingerprint density at radius 3 is 2.48 bits per heavy atom. The Kier molecular flexibility index (Phi) is 7.70. The molecule has 1 saturated heterocycles. The van der Waals surface area contributed by atoms with Gasteiger partial charge in [-0.1, -0.05) is 43.2 Å². The number of carboxylic acid groups (broad SMARTS) is 1. The first-order chi connectivity index (χ1) is 14.9. The van der Waals surface area contributed by atoms with E-state index in [0.29, 0.717) is 19.3 Å². The van der Waals surface area contributed by atoms with E-state index in [1.807, 2.05) is 30.3 Å². The van der Waals surface area contributed by atoms with Gasteiger partial charge in [0.05, 0.1) is 12.6 Å². The molecule has 1 spiro atoms. The summed E-state index contributed by atoms with van der Waals surface area (Å²) in [6.07, 6.45) is 6.12. The van der Waals surface area contributed by atoms with E-state index < -0.39 is 24.1 Å². The molecule has 1 aliphatic carbocycles. The average molecular weight is 431 g/mol. The lowest BCUT2D eigenvalue weighted by Crippen LogP contribution is -2.58. The van der Waals surface area contributed by atoms with Gasteiger partial charge in [0.1, 0.15) is 12.1 Å². The Bertz CT molecular complexity index is 775. The summed E-state index contributed by atoms with van der Waals surface area (Å²) in [4.78, 5) is 39.5. The van der Waals surface area contributed by atoms with Crippen molar-refractivity contribution >= 4 is 17.8 Å². The molecule has 7 heteroatoms. The molecule has 2 aliphatic rings. The predicted molar refractivity (Wildman–Crippen MR) is 116 cm³/mol. The van der Waals surface area contributed by atoms with Gasteiger partial charge in [0, 0.05) is 5.54 Å². The number of amides is 1. The van der Waals surface area contributed by atoms with E-state index in [2.05, 4.69) is 5.32 Å². The van der Waals surface area contributed by atoms with Crippen molar-refractivity contribution in [3.8, 4) is 0 Å². The van der Waals surface area contributed by atoms with Crippen molar-refractivity contribution < 1.29 is 24.2 Å². The molecule has 1 aromatic carbocycles. The van der Waals surface area contributed by atoms with Crippen LogP contribution in [0.3, 0.4) is 0 Å². The molecule has 2 N–H and O–H groups in total. The second-order valence-electron chi connectivity index (χ2n) is 8.75. The maximum atomic E-state index is 13.5. The van der Waals surface area contributed by atoms with Gasteiger partial charge >= 0.3 is 11.9 Å². The van der Waals surface area contributed by atoms with Gasteiger partial charge in [-0.3, -0.25) is 14.9 Å². The maximum Gasteiger partial charge on any atom is 0.326 e. The zero-order valence-electron chi connectivity index (χ0n) is 18.5. The van der Waals surface area contributed by atoms with Crippen LogP contribution in [0.25, 0.3) is 0 Å². The molecule has 0 radical (unpaired) electrons. The number of carbonyl (C=O) groups is 3. The third kappa shape index (κ3) is 5.26. The van der Waals surface area contributed by atoms with Gasteiger partial charge < -0.3 is 14.7 Å². The van der Waals surface area contributed by atoms with Crippen LogP contribution in [0.2, 0.25) is 0 Å². The summed E-state index contributed by atoms with van der Waals surface area (Å²) in [5, 5.41) is 12.9. The summed E-state index contributed by atoms with van der Waals surface area (Å²) in [7, 11) is 0. The summed E-state index contributed by atoms with van der Waals surface area (Å²) in [5.41, 5.74) is 0.757. The highest BCUT2D eigenvalue weighted by molar-refractivity contribution is 5.89. The molecular weight excluding hydrogens is 396 g/mol. The van der Waals surface area contributed by atoms with Crippen LogP contribution in [-0.4, -0.2) is 58.1 Å². The molecule has 1 aromatic rings. The molecule has 31 heavy (non-hydrogen) atoms. The minimum Gasteiger partial charge on any atom is -0.480 e. The molecule has 1 heterocycles. The fraction of sp³-hybridized carbons (Fsp3) is 0.625. The lowest BCUT2D eigenvalue weighted by atomic mass is 9.93. The third-order valence-corrected chi connectivity index (χ3v) is 6.72. The van der Waals surface area contributed by atoms with Gasteiger partial charge in [-0.15, -0.1) is 0 Å². The lowest BCUT2D eigenvalue weighted by Gasteiger charge is -2.39. The fourth-order valence-corrected chi connectivity index (χ4v) is 5.18. The quantitative estimate of drug-likeness (QED) is 0.585. The van der Waals surface area contributed by atoms with Crippen LogP contribution in [-0.2, 0) is 25.5 Å². The summed E-state index contributed by atoms with van der Waals surface area (Å²) in [5.74, 6) is -1.57. The zero-order valence-corrected chi connectivity index (χ0v) is 18.5. The zero-order chi connectivity index (χ0) is 22.4. The number of nitrogens with zero attached hydrogens (tertiary/aromatic N) is 1. The fourth-order valence-electron chi connectivity index (χ4n) is 5.18. The molecule has 3 atom stereocenters. The van der Waals surface area contributed by atoms with Crippen LogP contribution < -0.4 is 5.32 Å². The van der Waals surface area contributed by atoms with E-state index in [1.165, 1.54) is 0 Å². The summed E-state index contributed by atoms with van der Waals surface area (Å²) < 4.78 is 5.23. The topological polar surface area (TPSA) is 95.9 Å². The number of ether oxygens (including phenoxy) is 1. The molecule has 0 aromatic heterocycles. The number of aliphatic carboxylic acids is 1. The summed E-state index contributed by atoms with van der Waals surface area (Å²) in [6, 6.07) is 7.75. The van der Waals surface area contributed by atoms with Crippen molar-refractivity contribution in [1.29, 1.82) is 0 Å². The van der Waals surface area contributed by atoms with Gasteiger partial charge in [0.2, 0.25) is 5.91 Å².